The van der Waals surface area contributed by atoms with Crippen LogP contribution in [0, 0.1) is 0 Å². The van der Waals surface area contributed by atoms with Gasteiger partial charge in [0, 0.05) is 32.2 Å². The van der Waals surface area contributed by atoms with Crippen molar-refractivity contribution < 1.29 is 8.42 Å². The Morgan fingerprint density at radius 1 is 1.00 bits per heavy atom. The van der Waals surface area contributed by atoms with Crippen molar-refractivity contribution in [1.82, 2.24) is 9.21 Å². The molecule has 0 spiro atoms. The number of hydrogen-bond donors (Lipinski definition) is 0. The summed E-state index contributed by atoms with van der Waals surface area (Å²) < 4.78 is 27.6. The molecule has 0 aliphatic carbocycles. The Labute approximate surface area is 159 Å². The van der Waals surface area contributed by atoms with Crippen molar-refractivity contribution in [2.45, 2.75) is 24.4 Å². The first kappa shape index (κ1) is 18.7. The van der Waals surface area contributed by atoms with Crippen LogP contribution in [0.3, 0.4) is 0 Å². The first-order chi connectivity index (χ1) is 11.9. The maximum atomic E-state index is 13.0. The van der Waals surface area contributed by atoms with Crippen molar-refractivity contribution in [3.8, 4) is 0 Å². The second-order valence-corrected chi connectivity index (χ2v) is 8.88. The summed E-state index contributed by atoms with van der Waals surface area (Å²) in [6.07, 6.45) is 0. The molecule has 0 radical (unpaired) electrons. The minimum absolute atomic E-state index is 0.00157. The van der Waals surface area contributed by atoms with E-state index in [0.717, 1.165) is 6.54 Å². The number of benzene rings is 2. The normalized spacial score (nSPS) is 19.9. The van der Waals surface area contributed by atoms with E-state index in [-0.39, 0.29) is 21.0 Å². The molecule has 3 rings (SSSR count). The molecule has 25 heavy (non-hydrogen) atoms. The maximum absolute atomic E-state index is 13.0. The molecular weight excluding hydrogens is 379 g/mol. The third kappa shape index (κ3) is 4.01. The summed E-state index contributed by atoms with van der Waals surface area (Å²) in [5.74, 6) is 0. The molecule has 1 aliphatic heterocycles. The van der Waals surface area contributed by atoms with Gasteiger partial charge in [-0.05, 0) is 24.6 Å². The average Bonchev–Trinajstić information content (AvgIpc) is 2.55. The van der Waals surface area contributed by atoms with Crippen molar-refractivity contribution >= 4 is 33.2 Å². The SMILES string of the molecule is C[C@@H]1CN(Cc2ccccc2)CCN1S(=O)(=O)c1c(Cl)cccc1Cl. The highest BCUT2D eigenvalue weighted by atomic mass is 35.5. The highest BCUT2D eigenvalue weighted by molar-refractivity contribution is 7.89. The Bertz CT molecular complexity index is 823. The van der Waals surface area contributed by atoms with Gasteiger partial charge in [-0.25, -0.2) is 8.42 Å². The Hall–Kier alpha value is -1.11. The fourth-order valence-electron chi connectivity index (χ4n) is 3.20. The molecule has 4 nitrogen and oxygen atoms in total. The van der Waals surface area contributed by atoms with Crippen LogP contribution in [0.25, 0.3) is 0 Å². The minimum Gasteiger partial charge on any atom is -0.296 e. The molecule has 0 amide bonds. The summed E-state index contributed by atoms with van der Waals surface area (Å²) in [5.41, 5.74) is 1.22. The molecule has 1 saturated heterocycles. The van der Waals surface area contributed by atoms with Crippen LogP contribution in [-0.4, -0.2) is 43.3 Å². The van der Waals surface area contributed by atoms with Gasteiger partial charge >= 0.3 is 0 Å². The first-order valence-corrected chi connectivity index (χ1v) is 10.3. The second-order valence-electron chi connectivity index (χ2n) is 6.24. The lowest BCUT2D eigenvalue weighted by molar-refractivity contribution is 0.138. The van der Waals surface area contributed by atoms with Gasteiger partial charge in [0.25, 0.3) is 0 Å². The predicted octanol–water partition coefficient (Wildman–Crippen LogP) is 3.89. The predicted molar refractivity (Wildman–Crippen MR) is 102 cm³/mol. The summed E-state index contributed by atoms with van der Waals surface area (Å²) in [7, 11) is -3.73. The van der Waals surface area contributed by atoms with Crippen molar-refractivity contribution in [2.75, 3.05) is 19.6 Å². The average molecular weight is 399 g/mol. The molecule has 0 saturated carbocycles. The topological polar surface area (TPSA) is 40.6 Å². The fourth-order valence-corrected chi connectivity index (χ4v) is 5.91. The molecule has 0 N–H and O–H groups in total. The zero-order valence-electron chi connectivity index (χ0n) is 13.9. The van der Waals surface area contributed by atoms with Crippen LogP contribution in [0.5, 0.6) is 0 Å². The van der Waals surface area contributed by atoms with E-state index in [0.29, 0.717) is 19.6 Å². The van der Waals surface area contributed by atoms with E-state index in [4.69, 9.17) is 23.2 Å². The number of nitrogens with zero attached hydrogens (tertiary/aromatic N) is 2. The molecule has 0 aromatic heterocycles. The monoisotopic (exact) mass is 398 g/mol. The number of sulfonamides is 1. The van der Waals surface area contributed by atoms with Crippen LogP contribution in [0.15, 0.2) is 53.4 Å². The van der Waals surface area contributed by atoms with Gasteiger partial charge in [-0.3, -0.25) is 4.90 Å². The summed E-state index contributed by atoms with van der Waals surface area (Å²) in [6.45, 7) is 4.47. The Balaban J connectivity index is 1.77. The number of halogens is 2. The molecule has 2 aromatic rings. The maximum Gasteiger partial charge on any atom is 0.246 e. The van der Waals surface area contributed by atoms with Gasteiger partial charge in [0.2, 0.25) is 10.0 Å². The summed E-state index contributed by atoms with van der Waals surface area (Å²) in [4.78, 5) is 2.27. The fraction of sp³-hybridized carbons (Fsp3) is 0.333. The van der Waals surface area contributed by atoms with Gasteiger partial charge in [-0.2, -0.15) is 4.31 Å². The van der Waals surface area contributed by atoms with Crippen molar-refractivity contribution in [3.63, 3.8) is 0 Å². The molecule has 1 fully saturated rings. The third-order valence-corrected chi connectivity index (χ3v) is 7.35. The van der Waals surface area contributed by atoms with Crippen molar-refractivity contribution in [1.29, 1.82) is 0 Å². The summed E-state index contributed by atoms with van der Waals surface area (Å²) >= 11 is 12.2. The molecular formula is C18H20Cl2N2O2S. The molecule has 1 atom stereocenters. The lowest BCUT2D eigenvalue weighted by atomic mass is 10.1. The van der Waals surface area contributed by atoms with Gasteiger partial charge in [-0.1, -0.05) is 59.6 Å². The Morgan fingerprint density at radius 3 is 2.24 bits per heavy atom. The van der Waals surface area contributed by atoms with E-state index >= 15 is 0 Å². The van der Waals surface area contributed by atoms with E-state index in [2.05, 4.69) is 17.0 Å². The van der Waals surface area contributed by atoms with Crippen LogP contribution < -0.4 is 0 Å². The first-order valence-electron chi connectivity index (χ1n) is 8.11. The number of piperazine rings is 1. The molecule has 2 aromatic carbocycles. The number of hydrogen-bond acceptors (Lipinski definition) is 3. The molecule has 1 heterocycles. The molecule has 0 unspecified atom stereocenters. The highest BCUT2D eigenvalue weighted by Crippen LogP contribution is 2.33. The smallest absolute Gasteiger partial charge is 0.246 e. The molecule has 0 bridgehead atoms. The highest BCUT2D eigenvalue weighted by Gasteiger charge is 2.36. The third-order valence-electron chi connectivity index (χ3n) is 4.39. The number of rotatable bonds is 4. The van der Waals surface area contributed by atoms with E-state index in [1.54, 1.807) is 18.2 Å². The Kier molecular flexibility index (Phi) is 5.71. The van der Waals surface area contributed by atoms with Crippen LogP contribution in [0.2, 0.25) is 10.0 Å². The van der Waals surface area contributed by atoms with E-state index in [9.17, 15) is 8.42 Å². The van der Waals surface area contributed by atoms with E-state index in [1.807, 2.05) is 25.1 Å². The van der Waals surface area contributed by atoms with E-state index < -0.39 is 10.0 Å². The van der Waals surface area contributed by atoms with Gasteiger partial charge in [0.15, 0.2) is 0 Å². The van der Waals surface area contributed by atoms with Gasteiger partial charge < -0.3 is 0 Å². The van der Waals surface area contributed by atoms with Crippen LogP contribution in [0.4, 0.5) is 0 Å². The van der Waals surface area contributed by atoms with Crippen LogP contribution in [0.1, 0.15) is 12.5 Å². The van der Waals surface area contributed by atoms with Crippen molar-refractivity contribution in [3.05, 3.63) is 64.1 Å². The van der Waals surface area contributed by atoms with Crippen LogP contribution in [-0.2, 0) is 16.6 Å². The Morgan fingerprint density at radius 2 is 1.64 bits per heavy atom. The van der Waals surface area contributed by atoms with Crippen LogP contribution >= 0.6 is 23.2 Å². The molecule has 7 heteroatoms. The van der Waals surface area contributed by atoms with Gasteiger partial charge in [0.1, 0.15) is 4.90 Å². The lowest BCUT2D eigenvalue weighted by Gasteiger charge is -2.39. The minimum atomic E-state index is -3.73. The standard InChI is InChI=1S/C18H20Cl2N2O2S/c1-14-12-21(13-15-6-3-2-4-7-15)10-11-22(14)25(23,24)18-16(19)8-5-9-17(18)20/h2-9,14H,10-13H2,1H3/t14-/m1/s1. The molecule has 1 aliphatic rings. The van der Waals surface area contributed by atoms with E-state index in [1.165, 1.54) is 9.87 Å². The zero-order valence-corrected chi connectivity index (χ0v) is 16.2. The van der Waals surface area contributed by atoms with Crippen molar-refractivity contribution in [2.24, 2.45) is 0 Å². The summed E-state index contributed by atoms with van der Waals surface area (Å²) in [5, 5.41) is 0.317. The quantitative estimate of drug-likeness (QED) is 0.783. The zero-order chi connectivity index (χ0) is 18.0. The second kappa shape index (κ2) is 7.64. The summed E-state index contributed by atoms with van der Waals surface area (Å²) in [6, 6.07) is 14.8. The van der Waals surface area contributed by atoms with Gasteiger partial charge in [-0.15, -0.1) is 0 Å². The largest absolute Gasteiger partial charge is 0.296 e. The van der Waals surface area contributed by atoms with Gasteiger partial charge in [0.05, 0.1) is 10.0 Å². The molecule has 134 valence electrons. The lowest BCUT2D eigenvalue weighted by Crippen LogP contribution is -2.53.